The highest BCUT2D eigenvalue weighted by Crippen LogP contribution is 2.42. The van der Waals surface area contributed by atoms with Gasteiger partial charge in [0.2, 0.25) is 0 Å². The normalized spacial score (nSPS) is 28.2. The lowest BCUT2D eigenvalue weighted by Gasteiger charge is -2.43. The second kappa shape index (κ2) is 7.16. The van der Waals surface area contributed by atoms with Crippen LogP contribution in [-0.4, -0.2) is 57.4 Å². The number of piperidine rings is 1. The molecule has 0 saturated carbocycles. The molecule has 1 unspecified atom stereocenters. The fourth-order valence-electron chi connectivity index (χ4n) is 3.41. The Kier molecular flexibility index (Phi) is 5.91. The molecule has 0 aliphatic carbocycles. The van der Waals surface area contributed by atoms with Crippen LogP contribution in [0.25, 0.3) is 0 Å². The molecule has 2 aliphatic rings. The number of hydrogen-bond donors (Lipinski definition) is 1. The monoisotopic (exact) mass is 374 g/mol. The van der Waals surface area contributed by atoms with E-state index in [1.807, 2.05) is 48.5 Å². The number of carbonyl (C=O) groups is 1. The summed E-state index contributed by atoms with van der Waals surface area (Å²) in [6.07, 6.45) is 1.42. The van der Waals surface area contributed by atoms with Gasteiger partial charge in [0.1, 0.15) is 5.60 Å². The van der Waals surface area contributed by atoms with E-state index in [0.717, 1.165) is 12.8 Å². The van der Waals surface area contributed by atoms with E-state index in [1.54, 1.807) is 4.90 Å². The van der Waals surface area contributed by atoms with Crippen molar-refractivity contribution in [3.8, 4) is 0 Å². The molecular formula is C18H34N2O4S. The molecule has 25 heavy (non-hydrogen) atoms. The maximum atomic E-state index is 12.6. The molecule has 0 aromatic heterocycles. The number of likely N-dealkylation sites (tertiary alicyclic amines) is 1. The molecule has 0 aromatic rings. The van der Waals surface area contributed by atoms with E-state index in [9.17, 15) is 9.00 Å². The van der Waals surface area contributed by atoms with Gasteiger partial charge in [-0.1, -0.05) is 0 Å². The van der Waals surface area contributed by atoms with Crippen molar-refractivity contribution in [2.75, 3.05) is 19.7 Å². The van der Waals surface area contributed by atoms with E-state index >= 15 is 0 Å². The first-order valence-electron chi connectivity index (χ1n) is 9.12. The maximum Gasteiger partial charge on any atom is 0.410 e. The van der Waals surface area contributed by atoms with Gasteiger partial charge in [-0.2, -0.15) is 0 Å². The predicted molar refractivity (Wildman–Crippen MR) is 99.7 cm³/mol. The van der Waals surface area contributed by atoms with Crippen molar-refractivity contribution in [1.82, 2.24) is 9.62 Å². The van der Waals surface area contributed by atoms with Gasteiger partial charge in [-0.15, -0.1) is 0 Å². The summed E-state index contributed by atoms with van der Waals surface area (Å²) in [7, 11) is -1.14. The minimum absolute atomic E-state index is 0.0133. The van der Waals surface area contributed by atoms with Gasteiger partial charge >= 0.3 is 6.09 Å². The number of amides is 1. The van der Waals surface area contributed by atoms with E-state index in [1.165, 1.54) is 0 Å². The van der Waals surface area contributed by atoms with Crippen LogP contribution in [0.4, 0.5) is 4.79 Å². The van der Waals surface area contributed by atoms with Gasteiger partial charge in [-0.05, 0) is 61.3 Å². The van der Waals surface area contributed by atoms with Crippen LogP contribution in [0.1, 0.15) is 61.3 Å². The van der Waals surface area contributed by atoms with Crippen molar-refractivity contribution in [3.05, 3.63) is 0 Å². The lowest BCUT2D eigenvalue weighted by molar-refractivity contribution is 0.00648. The van der Waals surface area contributed by atoms with Crippen LogP contribution in [-0.2, 0) is 20.5 Å². The first kappa shape index (κ1) is 20.6. The average molecular weight is 375 g/mol. The number of carbonyl (C=O) groups excluding carboxylic acids is 1. The fraction of sp³-hybridized carbons (Fsp3) is 0.944. The van der Waals surface area contributed by atoms with Crippen LogP contribution < -0.4 is 4.72 Å². The van der Waals surface area contributed by atoms with Crippen LogP contribution in [0.5, 0.6) is 0 Å². The summed E-state index contributed by atoms with van der Waals surface area (Å²) < 4.78 is 27.0. The first-order chi connectivity index (χ1) is 11.3. The molecular weight excluding hydrogens is 340 g/mol. The predicted octanol–water partition coefficient (Wildman–Crippen LogP) is 2.84. The molecule has 0 radical (unpaired) electrons. The smallest absolute Gasteiger partial charge is 0.410 e. The summed E-state index contributed by atoms with van der Waals surface area (Å²) in [5, 5.41) is 0. The van der Waals surface area contributed by atoms with Crippen LogP contribution in [0, 0.1) is 5.41 Å². The van der Waals surface area contributed by atoms with E-state index in [-0.39, 0.29) is 28.4 Å². The lowest BCUT2D eigenvalue weighted by atomic mass is 9.73. The fourth-order valence-corrected chi connectivity index (χ4v) is 4.44. The first-order valence-corrected chi connectivity index (χ1v) is 10.3. The SMILES string of the molecule is C[C@H]1OCC2(CCN(C(=O)OC(C)(C)C)CC2)[C@@H]1NS(=O)C(C)(C)C. The highest BCUT2D eigenvalue weighted by atomic mass is 32.2. The van der Waals surface area contributed by atoms with Crippen LogP contribution in [0.3, 0.4) is 0 Å². The quantitative estimate of drug-likeness (QED) is 0.807. The highest BCUT2D eigenvalue weighted by Gasteiger charge is 2.51. The molecule has 2 fully saturated rings. The molecule has 7 heteroatoms. The number of ether oxygens (including phenoxy) is 2. The molecule has 1 N–H and O–H groups in total. The highest BCUT2D eigenvalue weighted by molar-refractivity contribution is 7.84. The summed E-state index contributed by atoms with van der Waals surface area (Å²) in [5.41, 5.74) is -0.552. The molecule has 2 saturated heterocycles. The average Bonchev–Trinajstić information content (AvgIpc) is 2.75. The van der Waals surface area contributed by atoms with Gasteiger partial charge in [0, 0.05) is 18.5 Å². The molecule has 2 rings (SSSR count). The molecule has 2 heterocycles. The number of nitrogens with zero attached hydrogens (tertiary/aromatic N) is 1. The second-order valence-corrected chi connectivity index (χ2v) is 11.3. The van der Waals surface area contributed by atoms with Gasteiger partial charge in [-0.25, -0.2) is 13.7 Å². The Morgan fingerprint density at radius 1 is 1.20 bits per heavy atom. The Morgan fingerprint density at radius 3 is 2.24 bits per heavy atom. The summed E-state index contributed by atoms with van der Waals surface area (Å²) >= 11 is 0. The standard InChI is InChI=1S/C18H34N2O4S/c1-13-14(19-25(22)17(5,6)7)18(12-23-13)8-10-20(11-9-18)15(21)24-16(2,3)4/h13-14,19H,8-12H2,1-7H3/t13-,14-,25?/m1/s1. The minimum Gasteiger partial charge on any atom is -0.444 e. The van der Waals surface area contributed by atoms with Gasteiger partial charge in [0.15, 0.2) is 0 Å². The second-order valence-electron chi connectivity index (χ2n) is 9.32. The zero-order chi connectivity index (χ0) is 19.0. The molecule has 1 spiro atoms. The largest absolute Gasteiger partial charge is 0.444 e. The van der Waals surface area contributed by atoms with Crippen LogP contribution in [0.2, 0.25) is 0 Å². The third kappa shape index (κ3) is 4.95. The maximum absolute atomic E-state index is 12.6. The molecule has 146 valence electrons. The molecule has 0 aromatic carbocycles. The van der Waals surface area contributed by atoms with E-state index in [2.05, 4.69) is 4.72 Å². The Bertz CT molecular complexity index is 516. The number of hydrogen-bond acceptors (Lipinski definition) is 4. The van der Waals surface area contributed by atoms with E-state index in [0.29, 0.717) is 19.7 Å². The summed E-state index contributed by atoms with van der Waals surface area (Å²) in [6, 6.07) is 0.0355. The molecule has 2 aliphatic heterocycles. The van der Waals surface area contributed by atoms with Crippen molar-refractivity contribution < 1.29 is 18.5 Å². The van der Waals surface area contributed by atoms with Gasteiger partial charge < -0.3 is 14.4 Å². The Balaban J connectivity index is 2.02. The Labute approximate surface area is 154 Å². The Hall–Kier alpha value is -0.660. The van der Waals surface area contributed by atoms with Crippen LogP contribution >= 0.6 is 0 Å². The summed E-state index contributed by atoms with van der Waals surface area (Å²) in [5.74, 6) is 0. The number of rotatable bonds is 2. The van der Waals surface area contributed by atoms with Crippen molar-refractivity contribution >= 4 is 17.1 Å². The zero-order valence-corrected chi connectivity index (χ0v) is 17.5. The summed E-state index contributed by atoms with van der Waals surface area (Å²) in [6.45, 7) is 15.5. The topological polar surface area (TPSA) is 67.9 Å². The van der Waals surface area contributed by atoms with Crippen molar-refractivity contribution in [2.45, 2.75) is 83.8 Å². The third-order valence-electron chi connectivity index (χ3n) is 4.96. The molecule has 6 nitrogen and oxygen atoms in total. The number of nitrogens with one attached hydrogen (secondary N) is 1. The third-order valence-corrected chi connectivity index (χ3v) is 6.54. The molecule has 0 bridgehead atoms. The molecule has 1 amide bonds. The van der Waals surface area contributed by atoms with E-state index in [4.69, 9.17) is 9.47 Å². The van der Waals surface area contributed by atoms with Gasteiger partial charge in [0.25, 0.3) is 0 Å². The van der Waals surface area contributed by atoms with Gasteiger partial charge in [-0.3, -0.25) is 0 Å². The lowest BCUT2D eigenvalue weighted by Crippen LogP contribution is -2.55. The van der Waals surface area contributed by atoms with Crippen molar-refractivity contribution in [3.63, 3.8) is 0 Å². The Morgan fingerprint density at radius 2 is 1.76 bits per heavy atom. The van der Waals surface area contributed by atoms with Crippen molar-refractivity contribution in [1.29, 1.82) is 0 Å². The molecule has 3 atom stereocenters. The van der Waals surface area contributed by atoms with E-state index < -0.39 is 16.6 Å². The summed E-state index contributed by atoms with van der Waals surface area (Å²) in [4.78, 5) is 14.1. The van der Waals surface area contributed by atoms with Crippen LogP contribution in [0.15, 0.2) is 0 Å². The zero-order valence-electron chi connectivity index (χ0n) is 16.7. The van der Waals surface area contributed by atoms with Crippen molar-refractivity contribution in [2.24, 2.45) is 5.41 Å². The minimum atomic E-state index is -1.14. The van der Waals surface area contributed by atoms with Gasteiger partial charge in [0.05, 0.1) is 34.5 Å².